The Morgan fingerprint density at radius 1 is 0.968 bits per heavy atom. The standard InChI is InChI=1S/C24H27N3O4/c1-2-14-26-20-11-5-6-12-21(20)27(24(26)30)16-13-23(29)31-17-22(28)25-15-7-9-18-8-3-4-10-19(18)25/h3-6,8,10-12H,2,7,9,13-17H2,1H3. The number of fused-ring (bicyclic) bond motifs is 2. The Kier molecular flexibility index (Phi) is 6.21. The van der Waals surface area contributed by atoms with E-state index in [0.717, 1.165) is 41.5 Å². The SMILES string of the molecule is CCCn1c(=O)n(CCC(=O)OCC(=O)N2CCCc3ccccc32)c2ccccc21. The van der Waals surface area contributed by atoms with Gasteiger partial charge in [0.15, 0.2) is 6.61 Å². The number of para-hydroxylation sites is 3. The van der Waals surface area contributed by atoms with Crippen LogP contribution >= 0.6 is 0 Å². The Hall–Kier alpha value is -3.35. The Morgan fingerprint density at radius 2 is 1.65 bits per heavy atom. The van der Waals surface area contributed by atoms with E-state index in [-0.39, 0.29) is 31.2 Å². The summed E-state index contributed by atoms with van der Waals surface area (Å²) < 4.78 is 8.59. The first-order valence-electron chi connectivity index (χ1n) is 10.8. The zero-order chi connectivity index (χ0) is 21.8. The fraction of sp³-hybridized carbons (Fsp3) is 0.375. The molecule has 1 aromatic heterocycles. The number of aromatic nitrogens is 2. The molecule has 1 amide bonds. The van der Waals surface area contributed by atoms with Gasteiger partial charge in [-0.15, -0.1) is 0 Å². The van der Waals surface area contributed by atoms with Crippen molar-refractivity contribution in [1.82, 2.24) is 9.13 Å². The number of carbonyl (C=O) groups is 2. The van der Waals surface area contributed by atoms with Gasteiger partial charge in [0.25, 0.3) is 5.91 Å². The average Bonchev–Trinajstić information content (AvgIpc) is 3.07. The molecular formula is C24H27N3O4. The minimum Gasteiger partial charge on any atom is -0.455 e. The van der Waals surface area contributed by atoms with Crippen molar-refractivity contribution in [2.24, 2.45) is 0 Å². The normalized spacial score (nSPS) is 13.3. The molecule has 0 bridgehead atoms. The maximum absolute atomic E-state index is 12.8. The molecule has 0 saturated heterocycles. The van der Waals surface area contributed by atoms with E-state index in [4.69, 9.17) is 4.74 Å². The summed E-state index contributed by atoms with van der Waals surface area (Å²) in [5.41, 5.74) is 3.56. The average molecular weight is 421 g/mol. The van der Waals surface area contributed by atoms with E-state index in [1.807, 2.05) is 55.5 Å². The minimum absolute atomic E-state index is 0.0317. The van der Waals surface area contributed by atoms with Crippen LogP contribution in [-0.2, 0) is 33.8 Å². The van der Waals surface area contributed by atoms with Crippen molar-refractivity contribution in [3.63, 3.8) is 0 Å². The van der Waals surface area contributed by atoms with Gasteiger partial charge in [-0.1, -0.05) is 37.3 Å². The molecule has 0 unspecified atom stereocenters. The highest BCUT2D eigenvalue weighted by Crippen LogP contribution is 2.26. The Morgan fingerprint density at radius 3 is 2.39 bits per heavy atom. The number of hydrogen-bond donors (Lipinski definition) is 0. The summed E-state index contributed by atoms with van der Waals surface area (Å²) in [5.74, 6) is -0.713. The lowest BCUT2D eigenvalue weighted by molar-refractivity contribution is -0.148. The summed E-state index contributed by atoms with van der Waals surface area (Å²) in [7, 11) is 0. The molecule has 0 radical (unpaired) electrons. The van der Waals surface area contributed by atoms with Crippen LogP contribution in [0.15, 0.2) is 53.3 Å². The van der Waals surface area contributed by atoms with Gasteiger partial charge in [-0.3, -0.25) is 18.7 Å². The van der Waals surface area contributed by atoms with Crippen molar-refractivity contribution in [3.05, 3.63) is 64.6 Å². The molecule has 7 heteroatoms. The Labute approximate surface area is 180 Å². The van der Waals surface area contributed by atoms with Gasteiger partial charge < -0.3 is 9.64 Å². The largest absolute Gasteiger partial charge is 0.455 e. The third kappa shape index (κ3) is 4.26. The van der Waals surface area contributed by atoms with Gasteiger partial charge in [0.2, 0.25) is 0 Å². The van der Waals surface area contributed by atoms with Gasteiger partial charge in [0.1, 0.15) is 0 Å². The fourth-order valence-corrected chi connectivity index (χ4v) is 4.22. The smallest absolute Gasteiger partial charge is 0.329 e. The first kappa shape index (κ1) is 20.9. The van der Waals surface area contributed by atoms with Gasteiger partial charge in [0.05, 0.1) is 17.5 Å². The number of ether oxygens (including phenoxy) is 1. The number of imidazole rings is 1. The highest BCUT2D eigenvalue weighted by atomic mass is 16.5. The third-order valence-electron chi connectivity index (χ3n) is 5.68. The number of nitrogens with zero attached hydrogens (tertiary/aromatic N) is 3. The molecule has 2 heterocycles. The second-order valence-electron chi connectivity index (χ2n) is 7.76. The minimum atomic E-state index is -0.488. The molecule has 7 nitrogen and oxygen atoms in total. The molecule has 0 aliphatic carbocycles. The van der Waals surface area contributed by atoms with Crippen LogP contribution < -0.4 is 10.6 Å². The predicted octanol–water partition coefficient (Wildman–Crippen LogP) is 3.13. The highest BCUT2D eigenvalue weighted by Gasteiger charge is 2.23. The molecular weight excluding hydrogens is 394 g/mol. The first-order valence-corrected chi connectivity index (χ1v) is 10.8. The van der Waals surface area contributed by atoms with Crippen LogP contribution in [0.2, 0.25) is 0 Å². The molecule has 2 aromatic carbocycles. The zero-order valence-electron chi connectivity index (χ0n) is 17.8. The number of esters is 1. The number of amides is 1. The number of anilines is 1. The number of rotatable bonds is 7. The molecule has 1 aliphatic heterocycles. The van der Waals surface area contributed by atoms with E-state index < -0.39 is 5.97 Å². The van der Waals surface area contributed by atoms with Crippen LogP contribution in [0.4, 0.5) is 5.69 Å². The summed E-state index contributed by atoms with van der Waals surface area (Å²) in [6.45, 7) is 3.20. The number of aryl methyl sites for hydroxylation is 3. The monoisotopic (exact) mass is 421 g/mol. The van der Waals surface area contributed by atoms with E-state index in [2.05, 4.69) is 0 Å². The van der Waals surface area contributed by atoms with Crippen LogP contribution in [0.25, 0.3) is 11.0 Å². The topological polar surface area (TPSA) is 73.5 Å². The van der Waals surface area contributed by atoms with Crippen LogP contribution in [-0.4, -0.2) is 34.2 Å². The van der Waals surface area contributed by atoms with Crippen LogP contribution in [0.3, 0.4) is 0 Å². The highest BCUT2D eigenvalue weighted by molar-refractivity contribution is 5.96. The number of benzene rings is 2. The maximum Gasteiger partial charge on any atom is 0.329 e. The van der Waals surface area contributed by atoms with Crippen LogP contribution in [0.5, 0.6) is 0 Å². The Bertz CT molecular complexity index is 1160. The molecule has 0 spiro atoms. The third-order valence-corrected chi connectivity index (χ3v) is 5.68. The van der Waals surface area contributed by atoms with Crippen LogP contribution in [0.1, 0.15) is 31.7 Å². The van der Waals surface area contributed by atoms with Crippen molar-refractivity contribution in [2.75, 3.05) is 18.1 Å². The van der Waals surface area contributed by atoms with Gasteiger partial charge in [-0.05, 0) is 43.0 Å². The first-order chi connectivity index (χ1) is 15.1. The lowest BCUT2D eigenvalue weighted by Crippen LogP contribution is -2.38. The summed E-state index contributed by atoms with van der Waals surface area (Å²) in [6, 6.07) is 15.4. The van der Waals surface area contributed by atoms with Crippen molar-refractivity contribution in [2.45, 2.75) is 45.7 Å². The van der Waals surface area contributed by atoms with E-state index in [9.17, 15) is 14.4 Å². The molecule has 0 fully saturated rings. The van der Waals surface area contributed by atoms with E-state index in [0.29, 0.717) is 13.1 Å². The Balaban J connectivity index is 1.38. The maximum atomic E-state index is 12.8. The van der Waals surface area contributed by atoms with E-state index >= 15 is 0 Å². The summed E-state index contributed by atoms with van der Waals surface area (Å²) in [4.78, 5) is 39.4. The lowest BCUT2D eigenvalue weighted by atomic mass is 10.0. The quantitative estimate of drug-likeness (QED) is 0.550. The number of hydrogen-bond acceptors (Lipinski definition) is 4. The molecule has 31 heavy (non-hydrogen) atoms. The van der Waals surface area contributed by atoms with Crippen molar-refractivity contribution < 1.29 is 14.3 Å². The summed E-state index contributed by atoms with van der Waals surface area (Å²) in [6.07, 6.45) is 2.71. The van der Waals surface area contributed by atoms with Gasteiger partial charge in [-0.25, -0.2) is 4.79 Å². The molecule has 4 rings (SSSR count). The van der Waals surface area contributed by atoms with Gasteiger partial charge in [-0.2, -0.15) is 0 Å². The summed E-state index contributed by atoms with van der Waals surface area (Å²) in [5, 5.41) is 0. The number of carbonyl (C=O) groups excluding carboxylic acids is 2. The lowest BCUT2D eigenvalue weighted by Gasteiger charge is -2.29. The fourth-order valence-electron chi connectivity index (χ4n) is 4.22. The van der Waals surface area contributed by atoms with Crippen molar-refractivity contribution in [1.29, 1.82) is 0 Å². The second kappa shape index (κ2) is 9.20. The van der Waals surface area contributed by atoms with Crippen LogP contribution in [0, 0.1) is 0 Å². The molecule has 0 atom stereocenters. The van der Waals surface area contributed by atoms with Crippen molar-refractivity contribution in [3.8, 4) is 0 Å². The van der Waals surface area contributed by atoms with Crippen molar-refractivity contribution >= 4 is 28.6 Å². The predicted molar refractivity (Wildman–Crippen MR) is 119 cm³/mol. The molecule has 0 N–H and O–H groups in total. The molecule has 162 valence electrons. The van der Waals surface area contributed by atoms with Gasteiger partial charge in [0, 0.05) is 25.3 Å². The molecule has 3 aromatic rings. The molecule has 1 aliphatic rings. The van der Waals surface area contributed by atoms with E-state index in [1.165, 1.54) is 0 Å². The second-order valence-corrected chi connectivity index (χ2v) is 7.76. The van der Waals surface area contributed by atoms with E-state index in [1.54, 1.807) is 14.0 Å². The molecule has 0 saturated carbocycles. The summed E-state index contributed by atoms with van der Waals surface area (Å²) >= 11 is 0. The van der Waals surface area contributed by atoms with Gasteiger partial charge >= 0.3 is 11.7 Å². The zero-order valence-corrected chi connectivity index (χ0v) is 17.8.